The first-order valence-electron chi connectivity index (χ1n) is 9.71. The Morgan fingerprint density at radius 1 is 0.926 bits per heavy atom. The molecule has 0 saturated heterocycles. The van der Waals surface area contributed by atoms with Crippen LogP contribution in [0.1, 0.15) is 56.8 Å². The van der Waals surface area contributed by atoms with Gasteiger partial charge in [0.05, 0.1) is 6.04 Å². The average Bonchev–Trinajstić information content (AvgIpc) is 2.65. The van der Waals surface area contributed by atoms with Crippen LogP contribution in [-0.2, 0) is 16.6 Å². The molecule has 140 valence electrons. The molecular formula is C25H29NO. The zero-order chi connectivity index (χ0) is 19.4. The van der Waals surface area contributed by atoms with E-state index in [9.17, 15) is 4.79 Å². The molecule has 1 N–H and O–H groups in total. The molecule has 2 nitrogen and oxygen atoms in total. The Bertz CT molecular complexity index is 914. The van der Waals surface area contributed by atoms with Crippen molar-refractivity contribution in [2.24, 2.45) is 0 Å². The zero-order valence-electron chi connectivity index (χ0n) is 16.8. The minimum Gasteiger partial charge on any atom is -0.350 e. The first-order chi connectivity index (χ1) is 12.8. The molecule has 27 heavy (non-hydrogen) atoms. The Balaban J connectivity index is 1.60. The Morgan fingerprint density at radius 2 is 1.59 bits per heavy atom. The van der Waals surface area contributed by atoms with Crippen LogP contribution >= 0.6 is 0 Å². The third-order valence-corrected chi connectivity index (χ3v) is 5.16. The van der Waals surface area contributed by atoms with E-state index in [1.165, 1.54) is 21.9 Å². The highest BCUT2D eigenvalue weighted by molar-refractivity contribution is 5.86. The number of hydrogen-bond donors (Lipinski definition) is 1. The molecule has 2 heteroatoms. The highest BCUT2D eigenvalue weighted by Gasteiger charge is 2.15. The van der Waals surface area contributed by atoms with Crippen molar-refractivity contribution in [2.75, 3.05) is 0 Å². The smallest absolute Gasteiger partial charge is 0.220 e. The summed E-state index contributed by atoms with van der Waals surface area (Å²) >= 11 is 0. The molecule has 3 rings (SSSR count). The SMILES string of the molecule is C[C@@H](NC(=O)CCc1cccc2ccccc12)c1ccc(C(C)(C)C)cc1. The monoisotopic (exact) mass is 359 g/mol. The van der Waals surface area contributed by atoms with E-state index in [-0.39, 0.29) is 17.4 Å². The summed E-state index contributed by atoms with van der Waals surface area (Å²) in [5, 5.41) is 5.59. The summed E-state index contributed by atoms with van der Waals surface area (Å²) in [7, 11) is 0. The second-order valence-electron chi connectivity index (χ2n) is 8.30. The van der Waals surface area contributed by atoms with Crippen molar-refractivity contribution in [3.8, 4) is 0 Å². The fourth-order valence-corrected chi connectivity index (χ4v) is 3.43. The van der Waals surface area contributed by atoms with Crippen LogP contribution in [0.5, 0.6) is 0 Å². The molecular weight excluding hydrogens is 330 g/mol. The van der Waals surface area contributed by atoms with E-state index in [0.717, 1.165) is 12.0 Å². The number of fused-ring (bicyclic) bond motifs is 1. The summed E-state index contributed by atoms with van der Waals surface area (Å²) in [4.78, 5) is 12.5. The summed E-state index contributed by atoms with van der Waals surface area (Å²) in [5.74, 6) is 0.0929. The maximum absolute atomic E-state index is 12.5. The van der Waals surface area contributed by atoms with Gasteiger partial charge < -0.3 is 5.32 Å². The third-order valence-electron chi connectivity index (χ3n) is 5.16. The fraction of sp³-hybridized carbons (Fsp3) is 0.320. The summed E-state index contributed by atoms with van der Waals surface area (Å²) in [5.41, 5.74) is 3.82. The highest BCUT2D eigenvalue weighted by atomic mass is 16.1. The molecule has 0 heterocycles. The molecule has 0 radical (unpaired) electrons. The lowest BCUT2D eigenvalue weighted by atomic mass is 9.86. The Labute approximate surface area is 162 Å². The molecule has 1 atom stereocenters. The lowest BCUT2D eigenvalue weighted by Gasteiger charge is -2.20. The molecule has 0 spiro atoms. The number of carbonyl (C=O) groups excluding carboxylic acids is 1. The number of carbonyl (C=O) groups is 1. The number of nitrogens with one attached hydrogen (secondary N) is 1. The van der Waals surface area contributed by atoms with Crippen LogP contribution in [0.3, 0.4) is 0 Å². The van der Waals surface area contributed by atoms with Crippen molar-refractivity contribution in [2.45, 2.75) is 52.0 Å². The molecule has 3 aromatic rings. The van der Waals surface area contributed by atoms with Crippen molar-refractivity contribution < 1.29 is 4.79 Å². The van der Waals surface area contributed by atoms with E-state index in [2.05, 4.69) is 86.8 Å². The predicted octanol–water partition coefficient (Wildman–Crippen LogP) is 5.95. The van der Waals surface area contributed by atoms with E-state index < -0.39 is 0 Å². The molecule has 0 aliphatic carbocycles. The molecule has 0 bridgehead atoms. The second-order valence-corrected chi connectivity index (χ2v) is 8.30. The summed E-state index contributed by atoms with van der Waals surface area (Å²) in [6, 6.07) is 23.2. The molecule has 0 fully saturated rings. The third kappa shape index (κ3) is 4.77. The van der Waals surface area contributed by atoms with E-state index in [1.807, 2.05) is 13.0 Å². The molecule has 3 aromatic carbocycles. The van der Waals surface area contributed by atoms with Gasteiger partial charge in [-0.15, -0.1) is 0 Å². The summed E-state index contributed by atoms with van der Waals surface area (Å²) in [6.45, 7) is 8.67. The van der Waals surface area contributed by atoms with Crippen molar-refractivity contribution in [3.05, 3.63) is 83.4 Å². The fourth-order valence-electron chi connectivity index (χ4n) is 3.43. The Hall–Kier alpha value is -2.61. The van der Waals surface area contributed by atoms with Crippen LogP contribution in [0.2, 0.25) is 0 Å². The molecule has 1 amide bonds. The summed E-state index contributed by atoms with van der Waals surface area (Å²) in [6.07, 6.45) is 1.25. The minimum atomic E-state index is 0.0130. The maximum Gasteiger partial charge on any atom is 0.220 e. The standard InChI is InChI=1S/C25H29NO/c1-18(19-12-15-22(16-13-19)25(2,3)4)26-24(27)17-14-21-10-7-9-20-8-5-6-11-23(20)21/h5-13,15-16,18H,14,17H2,1-4H3,(H,26,27)/t18-/m1/s1. The van der Waals surface area contributed by atoms with Crippen LogP contribution in [0.4, 0.5) is 0 Å². The van der Waals surface area contributed by atoms with E-state index in [0.29, 0.717) is 6.42 Å². The average molecular weight is 360 g/mol. The largest absolute Gasteiger partial charge is 0.350 e. The second kappa shape index (κ2) is 7.96. The van der Waals surface area contributed by atoms with E-state index in [1.54, 1.807) is 0 Å². The number of aryl methyl sites for hydroxylation is 1. The number of amides is 1. The molecule has 0 aromatic heterocycles. The van der Waals surface area contributed by atoms with Crippen molar-refractivity contribution in [1.82, 2.24) is 5.32 Å². The first kappa shape index (κ1) is 19.2. The van der Waals surface area contributed by atoms with Gasteiger partial charge in [-0.2, -0.15) is 0 Å². The minimum absolute atomic E-state index is 0.0130. The van der Waals surface area contributed by atoms with Gasteiger partial charge in [-0.3, -0.25) is 4.79 Å². The molecule has 0 aliphatic heterocycles. The first-order valence-corrected chi connectivity index (χ1v) is 9.71. The topological polar surface area (TPSA) is 29.1 Å². The quantitative estimate of drug-likeness (QED) is 0.599. The van der Waals surface area contributed by atoms with Gasteiger partial charge in [-0.1, -0.05) is 87.5 Å². The van der Waals surface area contributed by atoms with E-state index in [4.69, 9.17) is 0 Å². The normalized spacial score (nSPS) is 12.7. The van der Waals surface area contributed by atoms with Gasteiger partial charge in [0.25, 0.3) is 0 Å². The number of rotatable bonds is 5. The van der Waals surface area contributed by atoms with Crippen LogP contribution in [0.25, 0.3) is 10.8 Å². The van der Waals surface area contributed by atoms with Crippen molar-refractivity contribution in [3.63, 3.8) is 0 Å². The van der Waals surface area contributed by atoms with Gasteiger partial charge >= 0.3 is 0 Å². The van der Waals surface area contributed by atoms with Gasteiger partial charge in [-0.05, 0) is 46.2 Å². The van der Waals surface area contributed by atoms with Crippen molar-refractivity contribution >= 4 is 16.7 Å². The number of hydrogen-bond acceptors (Lipinski definition) is 1. The summed E-state index contributed by atoms with van der Waals surface area (Å²) < 4.78 is 0. The van der Waals surface area contributed by atoms with Gasteiger partial charge in [-0.25, -0.2) is 0 Å². The van der Waals surface area contributed by atoms with E-state index >= 15 is 0 Å². The van der Waals surface area contributed by atoms with Gasteiger partial charge in [0, 0.05) is 6.42 Å². The highest BCUT2D eigenvalue weighted by Crippen LogP contribution is 2.24. The van der Waals surface area contributed by atoms with Crippen LogP contribution in [-0.4, -0.2) is 5.91 Å². The molecule has 0 saturated carbocycles. The van der Waals surface area contributed by atoms with Crippen LogP contribution < -0.4 is 5.32 Å². The lowest BCUT2D eigenvalue weighted by molar-refractivity contribution is -0.121. The zero-order valence-corrected chi connectivity index (χ0v) is 16.8. The van der Waals surface area contributed by atoms with Crippen molar-refractivity contribution in [1.29, 1.82) is 0 Å². The van der Waals surface area contributed by atoms with Gasteiger partial charge in [0.1, 0.15) is 0 Å². The predicted molar refractivity (Wildman–Crippen MR) is 114 cm³/mol. The Morgan fingerprint density at radius 3 is 2.30 bits per heavy atom. The van der Waals surface area contributed by atoms with Gasteiger partial charge in [0.15, 0.2) is 0 Å². The molecule has 0 aliphatic rings. The van der Waals surface area contributed by atoms with Crippen LogP contribution in [0, 0.1) is 0 Å². The molecule has 0 unspecified atom stereocenters. The Kier molecular flexibility index (Phi) is 5.65. The van der Waals surface area contributed by atoms with Gasteiger partial charge in [0.2, 0.25) is 5.91 Å². The lowest BCUT2D eigenvalue weighted by Crippen LogP contribution is -2.27. The number of benzene rings is 3. The maximum atomic E-state index is 12.5. The van der Waals surface area contributed by atoms with Crippen LogP contribution in [0.15, 0.2) is 66.7 Å².